The van der Waals surface area contributed by atoms with Gasteiger partial charge in [-0.25, -0.2) is 4.39 Å². The Morgan fingerprint density at radius 2 is 1.94 bits per heavy atom. The van der Waals surface area contributed by atoms with Crippen molar-refractivity contribution in [3.63, 3.8) is 0 Å². The molecule has 0 saturated carbocycles. The highest BCUT2D eigenvalue weighted by molar-refractivity contribution is 9.10. The minimum absolute atomic E-state index is 0.237. The van der Waals surface area contributed by atoms with Gasteiger partial charge in [-0.05, 0) is 36.4 Å². The molecule has 0 saturated heterocycles. The molecule has 0 aliphatic heterocycles. The van der Waals surface area contributed by atoms with E-state index in [-0.39, 0.29) is 5.69 Å². The Morgan fingerprint density at radius 1 is 1.17 bits per heavy atom. The summed E-state index contributed by atoms with van der Waals surface area (Å²) in [4.78, 5) is 0. The van der Waals surface area contributed by atoms with Crippen LogP contribution in [0.4, 0.5) is 15.8 Å². The molecule has 2 rings (SSSR count). The summed E-state index contributed by atoms with van der Waals surface area (Å²) < 4.78 is 14.3. The molecule has 2 aromatic rings. The van der Waals surface area contributed by atoms with Crippen LogP contribution in [0.1, 0.15) is 5.56 Å². The van der Waals surface area contributed by atoms with Crippen LogP contribution in [0.2, 0.25) is 5.02 Å². The molecular formula is C13H7BrClFN2. The van der Waals surface area contributed by atoms with Gasteiger partial charge in [0.1, 0.15) is 11.9 Å². The normalized spacial score (nSPS) is 9.89. The quantitative estimate of drug-likeness (QED) is 0.856. The summed E-state index contributed by atoms with van der Waals surface area (Å²) >= 11 is 9.08. The van der Waals surface area contributed by atoms with Gasteiger partial charge in [-0.1, -0.05) is 27.5 Å². The van der Waals surface area contributed by atoms with Crippen molar-refractivity contribution in [1.29, 1.82) is 5.26 Å². The van der Waals surface area contributed by atoms with Crippen LogP contribution < -0.4 is 5.32 Å². The topological polar surface area (TPSA) is 35.8 Å². The lowest BCUT2D eigenvalue weighted by Crippen LogP contribution is -1.96. The molecule has 2 aromatic carbocycles. The number of hydrogen-bond donors (Lipinski definition) is 1. The lowest BCUT2D eigenvalue weighted by atomic mass is 10.2. The number of rotatable bonds is 2. The molecule has 0 unspecified atom stereocenters. The monoisotopic (exact) mass is 324 g/mol. The molecule has 2 nitrogen and oxygen atoms in total. The van der Waals surface area contributed by atoms with Crippen molar-refractivity contribution in [1.82, 2.24) is 0 Å². The van der Waals surface area contributed by atoms with E-state index < -0.39 is 5.82 Å². The average molecular weight is 326 g/mol. The van der Waals surface area contributed by atoms with Crippen molar-refractivity contribution in [2.75, 3.05) is 5.32 Å². The third kappa shape index (κ3) is 2.81. The van der Waals surface area contributed by atoms with Crippen molar-refractivity contribution in [3.05, 3.63) is 57.3 Å². The van der Waals surface area contributed by atoms with E-state index in [2.05, 4.69) is 21.2 Å². The Labute approximate surface area is 117 Å². The third-order valence-electron chi connectivity index (χ3n) is 2.30. The molecule has 18 heavy (non-hydrogen) atoms. The fraction of sp³-hybridized carbons (Fsp3) is 0. The van der Waals surface area contributed by atoms with Gasteiger partial charge in [0.05, 0.1) is 16.9 Å². The largest absolute Gasteiger partial charge is 0.352 e. The van der Waals surface area contributed by atoms with E-state index >= 15 is 0 Å². The SMILES string of the molecule is N#Cc1cc(Br)ccc1Nc1cc(Cl)ccc1F. The minimum Gasteiger partial charge on any atom is -0.352 e. The second kappa shape index (κ2) is 5.38. The molecule has 0 bridgehead atoms. The molecule has 0 amide bonds. The maximum absolute atomic E-state index is 13.6. The molecule has 0 heterocycles. The van der Waals surface area contributed by atoms with Crippen molar-refractivity contribution in [2.45, 2.75) is 0 Å². The minimum atomic E-state index is -0.425. The van der Waals surface area contributed by atoms with Crippen LogP contribution in [0.15, 0.2) is 40.9 Å². The maximum Gasteiger partial charge on any atom is 0.146 e. The summed E-state index contributed by atoms with van der Waals surface area (Å²) in [6.45, 7) is 0. The van der Waals surface area contributed by atoms with E-state index in [0.717, 1.165) is 4.47 Å². The Kier molecular flexibility index (Phi) is 3.85. The maximum atomic E-state index is 13.6. The van der Waals surface area contributed by atoms with Crippen molar-refractivity contribution in [2.24, 2.45) is 0 Å². The molecule has 1 N–H and O–H groups in total. The van der Waals surface area contributed by atoms with Gasteiger partial charge in [0.25, 0.3) is 0 Å². The molecule has 5 heteroatoms. The average Bonchev–Trinajstić information content (AvgIpc) is 2.36. The van der Waals surface area contributed by atoms with Gasteiger partial charge in [-0.2, -0.15) is 5.26 Å². The van der Waals surface area contributed by atoms with Crippen LogP contribution in [0, 0.1) is 17.1 Å². The Balaban J connectivity index is 2.40. The van der Waals surface area contributed by atoms with Crippen molar-refractivity contribution >= 4 is 38.9 Å². The van der Waals surface area contributed by atoms with Gasteiger partial charge in [-0.15, -0.1) is 0 Å². The van der Waals surface area contributed by atoms with E-state index in [4.69, 9.17) is 16.9 Å². The number of benzene rings is 2. The van der Waals surface area contributed by atoms with Gasteiger partial charge in [0.15, 0.2) is 0 Å². The zero-order valence-corrected chi connectivity index (χ0v) is 11.4. The Bertz CT molecular complexity index is 637. The smallest absolute Gasteiger partial charge is 0.146 e. The summed E-state index contributed by atoms with van der Waals surface area (Å²) in [5, 5.41) is 12.3. The molecule has 0 aromatic heterocycles. The van der Waals surface area contributed by atoms with E-state index in [1.165, 1.54) is 18.2 Å². The summed E-state index contributed by atoms with van der Waals surface area (Å²) in [5.74, 6) is -0.425. The van der Waals surface area contributed by atoms with E-state index in [9.17, 15) is 4.39 Å². The number of nitrogens with one attached hydrogen (secondary N) is 1. The first kappa shape index (κ1) is 12.9. The fourth-order valence-corrected chi connectivity index (χ4v) is 1.99. The first-order chi connectivity index (χ1) is 8.60. The van der Waals surface area contributed by atoms with Crippen LogP contribution in [-0.2, 0) is 0 Å². The summed E-state index contributed by atoms with van der Waals surface area (Å²) in [5.41, 5.74) is 1.19. The molecule has 0 spiro atoms. The highest BCUT2D eigenvalue weighted by Crippen LogP contribution is 2.27. The molecular weight excluding hydrogens is 319 g/mol. The lowest BCUT2D eigenvalue weighted by Gasteiger charge is -2.09. The number of hydrogen-bond acceptors (Lipinski definition) is 2. The van der Waals surface area contributed by atoms with Gasteiger partial charge in [0.2, 0.25) is 0 Å². The first-order valence-electron chi connectivity index (χ1n) is 5.02. The van der Waals surface area contributed by atoms with Crippen LogP contribution in [0.5, 0.6) is 0 Å². The van der Waals surface area contributed by atoms with Crippen LogP contribution in [0.3, 0.4) is 0 Å². The second-order valence-corrected chi connectivity index (χ2v) is 4.90. The molecule has 0 fully saturated rings. The third-order valence-corrected chi connectivity index (χ3v) is 3.03. The summed E-state index contributed by atoms with van der Waals surface area (Å²) in [6, 6.07) is 11.4. The molecule has 0 atom stereocenters. The van der Waals surface area contributed by atoms with Gasteiger partial charge >= 0.3 is 0 Å². The number of anilines is 2. The molecule has 0 aliphatic rings. The zero-order chi connectivity index (χ0) is 13.1. The predicted octanol–water partition coefficient (Wildman–Crippen LogP) is 4.86. The number of halogens is 3. The Hall–Kier alpha value is -1.57. The highest BCUT2D eigenvalue weighted by Gasteiger charge is 2.07. The summed E-state index contributed by atoms with van der Waals surface area (Å²) in [7, 11) is 0. The molecule has 0 radical (unpaired) electrons. The highest BCUT2D eigenvalue weighted by atomic mass is 79.9. The van der Waals surface area contributed by atoms with E-state index in [0.29, 0.717) is 16.3 Å². The van der Waals surface area contributed by atoms with Crippen LogP contribution in [-0.4, -0.2) is 0 Å². The standard InChI is InChI=1S/C13H7BrClFN2/c14-9-1-4-12(8(5-9)7-17)18-13-6-10(15)2-3-11(13)16/h1-6,18H. The van der Waals surface area contributed by atoms with Crippen LogP contribution >= 0.6 is 27.5 Å². The van der Waals surface area contributed by atoms with Crippen molar-refractivity contribution < 1.29 is 4.39 Å². The first-order valence-corrected chi connectivity index (χ1v) is 6.19. The van der Waals surface area contributed by atoms with E-state index in [1.54, 1.807) is 18.2 Å². The number of nitriles is 1. The zero-order valence-electron chi connectivity index (χ0n) is 9.05. The molecule has 90 valence electrons. The number of nitrogens with zero attached hydrogens (tertiary/aromatic N) is 1. The predicted molar refractivity (Wildman–Crippen MR) is 73.5 cm³/mol. The Morgan fingerprint density at radius 3 is 2.67 bits per heavy atom. The summed E-state index contributed by atoms with van der Waals surface area (Å²) in [6.07, 6.45) is 0. The van der Waals surface area contributed by atoms with Gasteiger partial charge in [-0.3, -0.25) is 0 Å². The lowest BCUT2D eigenvalue weighted by molar-refractivity contribution is 0.632. The van der Waals surface area contributed by atoms with E-state index in [1.807, 2.05) is 6.07 Å². The molecule has 0 aliphatic carbocycles. The van der Waals surface area contributed by atoms with Crippen LogP contribution in [0.25, 0.3) is 0 Å². The fourth-order valence-electron chi connectivity index (χ4n) is 1.46. The van der Waals surface area contributed by atoms with Gasteiger partial charge < -0.3 is 5.32 Å². The van der Waals surface area contributed by atoms with Gasteiger partial charge in [0, 0.05) is 9.50 Å². The second-order valence-electron chi connectivity index (χ2n) is 3.55. The van der Waals surface area contributed by atoms with Crippen molar-refractivity contribution in [3.8, 4) is 6.07 Å².